The molecule has 0 fully saturated rings. The van der Waals surface area contributed by atoms with Crippen LogP contribution >= 0.6 is 0 Å². The van der Waals surface area contributed by atoms with Crippen LogP contribution in [-0.4, -0.2) is 14.1 Å². The summed E-state index contributed by atoms with van der Waals surface area (Å²) in [7, 11) is 4.11. The Morgan fingerprint density at radius 1 is 0.900 bits per heavy atom. The lowest BCUT2D eigenvalue weighted by atomic mass is 10.1. The Morgan fingerprint density at radius 2 is 1.40 bits per heavy atom. The van der Waals surface area contributed by atoms with Crippen LogP contribution in [0.2, 0.25) is 0 Å². The number of aromatic nitrogens is 1. The standard InChI is InChI=1S/C17H21N2.HI/c1-4-19-13-11-16(12-14-19)6-5-15-7-9-17(10-8-15)18(2)3;/h5-14H,4H2,1-3H3;1H/q+1;/p-1. The Labute approximate surface area is 138 Å². The Balaban J connectivity index is 0.00000200. The van der Waals surface area contributed by atoms with Crippen molar-refractivity contribution in [3.8, 4) is 0 Å². The number of rotatable bonds is 4. The highest BCUT2D eigenvalue weighted by Crippen LogP contribution is 2.14. The van der Waals surface area contributed by atoms with Gasteiger partial charge in [-0.15, -0.1) is 0 Å². The molecule has 0 spiro atoms. The monoisotopic (exact) mass is 380 g/mol. The number of pyridine rings is 1. The number of nitrogens with zero attached hydrogens (tertiary/aromatic N) is 2. The SMILES string of the molecule is CC[n+]1ccc(C=Cc2ccc(N(C)C)cc2)cc1.[I-]. The molecule has 106 valence electrons. The van der Waals surface area contributed by atoms with E-state index in [1.165, 1.54) is 16.8 Å². The Kier molecular flexibility index (Phi) is 6.71. The van der Waals surface area contributed by atoms with Crippen molar-refractivity contribution in [2.45, 2.75) is 13.5 Å². The minimum absolute atomic E-state index is 0. The van der Waals surface area contributed by atoms with Crippen molar-refractivity contribution in [1.29, 1.82) is 0 Å². The molecule has 3 heteroatoms. The zero-order valence-corrected chi connectivity index (χ0v) is 14.4. The average molecular weight is 380 g/mol. The van der Waals surface area contributed by atoms with Crippen LogP contribution in [0.3, 0.4) is 0 Å². The first kappa shape index (κ1) is 16.7. The van der Waals surface area contributed by atoms with E-state index in [4.69, 9.17) is 0 Å². The molecule has 2 rings (SSSR count). The van der Waals surface area contributed by atoms with Gasteiger partial charge in [0.1, 0.15) is 6.54 Å². The maximum atomic E-state index is 2.16. The van der Waals surface area contributed by atoms with Gasteiger partial charge in [0.2, 0.25) is 0 Å². The summed E-state index contributed by atoms with van der Waals surface area (Å²) < 4.78 is 2.16. The lowest BCUT2D eigenvalue weighted by Gasteiger charge is -2.11. The fraction of sp³-hybridized carbons (Fsp3) is 0.235. The van der Waals surface area contributed by atoms with Gasteiger partial charge >= 0.3 is 0 Å². The highest BCUT2D eigenvalue weighted by atomic mass is 127. The van der Waals surface area contributed by atoms with Crippen molar-refractivity contribution in [3.63, 3.8) is 0 Å². The first-order valence-electron chi connectivity index (χ1n) is 6.63. The number of hydrogen-bond acceptors (Lipinski definition) is 1. The van der Waals surface area contributed by atoms with Crippen molar-refractivity contribution in [2.24, 2.45) is 0 Å². The van der Waals surface area contributed by atoms with Crippen molar-refractivity contribution in [2.75, 3.05) is 19.0 Å². The van der Waals surface area contributed by atoms with Crippen molar-refractivity contribution < 1.29 is 28.5 Å². The second-order valence-corrected chi connectivity index (χ2v) is 4.78. The molecule has 2 nitrogen and oxygen atoms in total. The minimum atomic E-state index is 0. The van der Waals surface area contributed by atoms with E-state index in [0.29, 0.717) is 0 Å². The van der Waals surface area contributed by atoms with Crippen molar-refractivity contribution in [1.82, 2.24) is 0 Å². The summed E-state index contributed by atoms with van der Waals surface area (Å²) in [5.74, 6) is 0. The summed E-state index contributed by atoms with van der Waals surface area (Å²) in [6.45, 7) is 3.15. The fourth-order valence-corrected chi connectivity index (χ4v) is 1.87. The predicted octanol–water partition coefficient (Wildman–Crippen LogP) is 0.234. The fourth-order valence-electron chi connectivity index (χ4n) is 1.87. The molecule has 0 radical (unpaired) electrons. The normalized spacial score (nSPS) is 10.3. The van der Waals surface area contributed by atoms with E-state index in [-0.39, 0.29) is 24.0 Å². The third-order valence-corrected chi connectivity index (χ3v) is 3.16. The van der Waals surface area contributed by atoms with Gasteiger partial charge in [0.15, 0.2) is 12.4 Å². The highest BCUT2D eigenvalue weighted by molar-refractivity contribution is 5.70. The maximum Gasteiger partial charge on any atom is 0.169 e. The molecular formula is C17H21IN2. The number of aryl methyl sites for hydroxylation is 1. The summed E-state index contributed by atoms with van der Waals surface area (Å²) in [6.07, 6.45) is 8.50. The molecule has 0 unspecified atom stereocenters. The molecular weight excluding hydrogens is 359 g/mol. The largest absolute Gasteiger partial charge is 1.00 e. The van der Waals surface area contributed by atoms with E-state index < -0.39 is 0 Å². The third-order valence-electron chi connectivity index (χ3n) is 3.16. The molecule has 2 aromatic rings. The second-order valence-electron chi connectivity index (χ2n) is 4.78. The molecule has 1 aromatic carbocycles. The molecule has 0 N–H and O–H groups in total. The van der Waals surface area contributed by atoms with Crippen molar-refractivity contribution in [3.05, 3.63) is 59.9 Å². The van der Waals surface area contributed by atoms with E-state index in [0.717, 1.165) is 6.54 Å². The molecule has 0 aliphatic rings. The topological polar surface area (TPSA) is 7.12 Å². The average Bonchev–Trinajstić information content (AvgIpc) is 2.46. The van der Waals surface area contributed by atoms with Crippen molar-refractivity contribution >= 4 is 17.8 Å². The van der Waals surface area contributed by atoms with Gasteiger partial charge in [-0.25, -0.2) is 4.57 Å². The summed E-state index contributed by atoms with van der Waals surface area (Å²) in [4.78, 5) is 2.11. The molecule has 0 aliphatic heterocycles. The van der Waals surface area contributed by atoms with Gasteiger partial charge in [-0.2, -0.15) is 0 Å². The lowest BCUT2D eigenvalue weighted by molar-refractivity contribution is -0.693. The van der Waals surface area contributed by atoms with E-state index >= 15 is 0 Å². The van der Waals surface area contributed by atoms with Gasteiger partial charge in [0.05, 0.1) is 0 Å². The molecule has 0 aliphatic carbocycles. The van der Waals surface area contributed by atoms with Crippen LogP contribution in [0.15, 0.2) is 48.8 Å². The molecule has 1 heterocycles. The van der Waals surface area contributed by atoms with Crippen LogP contribution in [0.5, 0.6) is 0 Å². The maximum absolute atomic E-state index is 2.16. The molecule has 0 bridgehead atoms. The Morgan fingerprint density at radius 3 is 1.85 bits per heavy atom. The number of anilines is 1. The molecule has 0 saturated carbocycles. The van der Waals surface area contributed by atoms with Gasteiger partial charge in [0, 0.05) is 31.9 Å². The highest BCUT2D eigenvalue weighted by Gasteiger charge is 1.96. The number of hydrogen-bond donors (Lipinski definition) is 0. The zero-order valence-electron chi connectivity index (χ0n) is 12.3. The smallest absolute Gasteiger partial charge is 0.169 e. The van der Waals surface area contributed by atoms with E-state index in [2.05, 4.69) is 91.4 Å². The molecule has 0 atom stereocenters. The first-order chi connectivity index (χ1) is 9.19. The molecule has 0 saturated heterocycles. The van der Waals surface area contributed by atoms with Gasteiger partial charge < -0.3 is 28.9 Å². The van der Waals surface area contributed by atoms with Crippen LogP contribution in [0, 0.1) is 0 Å². The van der Waals surface area contributed by atoms with E-state index in [9.17, 15) is 0 Å². The van der Waals surface area contributed by atoms with Crippen LogP contribution in [0.25, 0.3) is 12.2 Å². The number of halogens is 1. The quantitative estimate of drug-likeness (QED) is 0.545. The molecule has 1 aromatic heterocycles. The van der Waals surface area contributed by atoms with Crippen LogP contribution < -0.4 is 33.4 Å². The summed E-state index contributed by atoms with van der Waals surface area (Å²) >= 11 is 0. The van der Waals surface area contributed by atoms with Gasteiger partial charge in [-0.3, -0.25) is 0 Å². The van der Waals surface area contributed by atoms with Gasteiger partial charge in [-0.1, -0.05) is 24.3 Å². The van der Waals surface area contributed by atoms with Gasteiger partial charge in [0.25, 0.3) is 0 Å². The number of benzene rings is 1. The van der Waals surface area contributed by atoms with Gasteiger partial charge in [-0.05, 0) is 30.2 Å². The Bertz CT molecular complexity index is 542. The van der Waals surface area contributed by atoms with Crippen LogP contribution in [-0.2, 0) is 6.54 Å². The molecule has 0 amide bonds. The third kappa shape index (κ3) is 4.63. The summed E-state index contributed by atoms with van der Waals surface area (Å²) in [5.41, 5.74) is 3.67. The zero-order chi connectivity index (χ0) is 13.7. The molecule has 20 heavy (non-hydrogen) atoms. The Hall–Kier alpha value is -1.36. The summed E-state index contributed by atoms with van der Waals surface area (Å²) in [5, 5.41) is 0. The van der Waals surface area contributed by atoms with Crippen LogP contribution in [0.1, 0.15) is 18.1 Å². The lowest BCUT2D eigenvalue weighted by Crippen LogP contribution is -3.00. The van der Waals surface area contributed by atoms with Crippen LogP contribution in [0.4, 0.5) is 5.69 Å². The summed E-state index contributed by atoms with van der Waals surface area (Å²) in [6, 6.07) is 12.8. The van der Waals surface area contributed by atoms with E-state index in [1.54, 1.807) is 0 Å². The van der Waals surface area contributed by atoms with E-state index in [1.807, 2.05) is 0 Å². The predicted molar refractivity (Wildman–Crippen MR) is 82.0 cm³/mol. The minimum Gasteiger partial charge on any atom is -1.00 e. The first-order valence-corrected chi connectivity index (χ1v) is 6.63. The second kappa shape index (κ2) is 8.04.